The maximum atomic E-state index is 15.0. The van der Waals surface area contributed by atoms with E-state index in [1.165, 1.54) is 50.6 Å². The third-order valence-corrected chi connectivity index (χ3v) is 11.2. The van der Waals surface area contributed by atoms with Gasteiger partial charge in [-0.15, -0.1) is 0 Å². The minimum absolute atomic E-state index is 0.310. The zero-order valence-corrected chi connectivity index (χ0v) is 33.9. The van der Waals surface area contributed by atoms with Crippen LogP contribution in [0.15, 0.2) is 176 Å². The number of hydrogen-bond donors (Lipinski definition) is 0. The van der Waals surface area contributed by atoms with Gasteiger partial charge in [0.1, 0.15) is 5.82 Å². The minimum Gasteiger partial charge on any atom is -0.309 e. The molecule has 288 valence electrons. The minimum atomic E-state index is -0.310. The Balaban J connectivity index is 1.24. The molecule has 10 aromatic rings. The molecular formula is C55H41FN4. The lowest BCUT2D eigenvalue weighted by atomic mass is 9.97. The standard InChI is InChI=1S/C55H41FN4/c1-34-24-35(2)27-43(26-34)40-18-22-51-48(31-40)49-32-41(44-28-36(3)25-37(4)29-44)19-23-52(49)60(51)46-20-21-47(42-16-11-17-45(56)30-42)50(33-46)55-58-53(38-12-7-5-8-13-38)57-54(59-55)39-14-9-6-10-15-39/h5-33H,1-4H3. The van der Waals surface area contributed by atoms with Crippen LogP contribution < -0.4 is 0 Å². The number of nitrogens with zero attached hydrogens (tertiary/aromatic N) is 4. The SMILES string of the molecule is Cc1cc(C)cc(-c2ccc3c(c2)c2cc(-c4cc(C)cc(C)c4)ccc2n3-c2ccc(-c3cccc(F)c3)c(-c3nc(-c4ccccc4)nc(-c4ccccc4)n3)c2)c1. The van der Waals surface area contributed by atoms with E-state index >= 15 is 0 Å². The molecule has 0 saturated heterocycles. The molecule has 8 aromatic carbocycles. The van der Waals surface area contributed by atoms with E-state index in [1.54, 1.807) is 12.1 Å². The fraction of sp³-hybridized carbons (Fsp3) is 0.0727. The molecule has 0 atom stereocenters. The van der Waals surface area contributed by atoms with Crippen LogP contribution in [0.4, 0.5) is 4.39 Å². The Labute approximate surface area is 349 Å². The van der Waals surface area contributed by atoms with Crippen molar-refractivity contribution in [3.63, 3.8) is 0 Å². The zero-order chi connectivity index (χ0) is 40.9. The van der Waals surface area contributed by atoms with Crippen LogP contribution in [0.25, 0.3) is 95.0 Å². The predicted octanol–water partition coefficient (Wildman–Crippen LogP) is 14.3. The number of fused-ring (bicyclic) bond motifs is 3. The summed E-state index contributed by atoms with van der Waals surface area (Å²) in [6.45, 7) is 8.61. The van der Waals surface area contributed by atoms with E-state index in [1.807, 2.05) is 66.7 Å². The first-order chi connectivity index (χ1) is 29.2. The Morgan fingerprint density at radius 3 is 1.33 bits per heavy atom. The summed E-state index contributed by atoms with van der Waals surface area (Å²) >= 11 is 0. The average molecular weight is 777 g/mol. The van der Waals surface area contributed by atoms with Crippen molar-refractivity contribution >= 4 is 21.8 Å². The summed E-state index contributed by atoms with van der Waals surface area (Å²) in [6.07, 6.45) is 0. The van der Waals surface area contributed by atoms with Crippen LogP contribution >= 0.6 is 0 Å². The molecule has 0 spiro atoms. The maximum absolute atomic E-state index is 15.0. The monoisotopic (exact) mass is 776 g/mol. The summed E-state index contributed by atoms with van der Waals surface area (Å²) in [5, 5.41) is 2.31. The summed E-state index contributed by atoms with van der Waals surface area (Å²) in [5.41, 5.74) is 16.8. The summed E-state index contributed by atoms with van der Waals surface area (Å²) in [6, 6.07) is 60.0. The quantitative estimate of drug-likeness (QED) is 0.162. The molecule has 0 aliphatic heterocycles. The van der Waals surface area contributed by atoms with E-state index < -0.39 is 0 Å². The molecule has 0 aliphatic rings. The third-order valence-electron chi connectivity index (χ3n) is 11.2. The summed E-state index contributed by atoms with van der Waals surface area (Å²) in [5.74, 6) is 1.31. The second-order valence-corrected chi connectivity index (χ2v) is 15.8. The molecule has 60 heavy (non-hydrogen) atoms. The van der Waals surface area contributed by atoms with Crippen LogP contribution in [-0.4, -0.2) is 19.5 Å². The van der Waals surface area contributed by atoms with E-state index in [0.717, 1.165) is 55.3 Å². The molecule has 0 unspecified atom stereocenters. The molecule has 0 bridgehead atoms. The van der Waals surface area contributed by atoms with Gasteiger partial charge in [0, 0.05) is 33.2 Å². The lowest BCUT2D eigenvalue weighted by molar-refractivity contribution is 0.628. The second kappa shape index (κ2) is 15.0. The van der Waals surface area contributed by atoms with Crippen molar-refractivity contribution in [2.45, 2.75) is 27.7 Å². The lowest BCUT2D eigenvalue weighted by Gasteiger charge is -2.16. The number of hydrogen-bond acceptors (Lipinski definition) is 3. The number of aromatic nitrogens is 4. The topological polar surface area (TPSA) is 43.6 Å². The van der Waals surface area contributed by atoms with Gasteiger partial charge in [0.25, 0.3) is 0 Å². The molecule has 0 saturated carbocycles. The first kappa shape index (κ1) is 36.8. The Morgan fingerprint density at radius 1 is 0.350 bits per heavy atom. The van der Waals surface area contributed by atoms with E-state index in [4.69, 9.17) is 15.0 Å². The van der Waals surface area contributed by atoms with Crippen LogP contribution in [0.5, 0.6) is 0 Å². The predicted molar refractivity (Wildman–Crippen MR) is 246 cm³/mol. The van der Waals surface area contributed by atoms with Gasteiger partial charge in [-0.2, -0.15) is 0 Å². The van der Waals surface area contributed by atoms with Gasteiger partial charge in [-0.1, -0.05) is 150 Å². The molecule has 10 rings (SSSR count). The Kier molecular flexibility index (Phi) is 9.22. The zero-order valence-electron chi connectivity index (χ0n) is 33.9. The molecular weight excluding hydrogens is 736 g/mol. The van der Waals surface area contributed by atoms with Crippen LogP contribution in [0.1, 0.15) is 22.3 Å². The number of rotatable bonds is 7. The highest BCUT2D eigenvalue weighted by molar-refractivity contribution is 6.12. The summed E-state index contributed by atoms with van der Waals surface area (Å²) in [4.78, 5) is 15.3. The first-order valence-electron chi connectivity index (χ1n) is 20.3. The van der Waals surface area contributed by atoms with Gasteiger partial charge >= 0.3 is 0 Å². The van der Waals surface area contributed by atoms with Gasteiger partial charge in [0.2, 0.25) is 0 Å². The fourth-order valence-electron chi connectivity index (χ4n) is 8.64. The van der Waals surface area contributed by atoms with E-state index in [9.17, 15) is 4.39 Å². The van der Waals surface area contributed by atoms with E-state index in [2.05, 4.69) is 123 Å². The molecule has 5 heteroatoms. The molecule has 2 aromatic heterocycles. The summed E-state index contributed by atoms with van der Waals surface area (Å²) in [7, 11) is 0. The lowest BCUT2D eigenvalue weighted by Crippen LogP contribution is -2.02. The van der Waals surface area contributed by atoms with Gasteiger partial charge < -0.3 is 4.57 Å². The van der Waals surface area contributed by atoms with Gasteiger partial charge in [0.05, 0.1) is 11.0 Å². The van der Waals surface area contributed by atoms with Crippen LogP contribution in [-0.2, 0) is 0 Å². The largest absolute Gasteiger partial charge is 0.309 e. The smallest absolute Gasteiger partial charge is 0.164 e. The fourth-order valence-corrected chi connectivity index (χ4v) is 8.64. The van der Waals surface area contributed by atoms with Gasteiger partial charge in [-0.05, 0) is 110 Å². The maximum Gasteiger partial charge on any atom is 0.164 e. The summed E-state index contributed by atoms with van der Waals surface area (Å²) < 4.78 is 17.3. The Bertz CT molecular complexity index is 3050. The highest BCUT2D eigenvalue weighted by Crippen LogP contribution is 2.40. The van der Waals surface area contributed by atoms with Gasteiger partial charge in [-0.3, -0.25) is 0 Å². The third kappa shape index (κ3) is 6.94. The Morgan fingerprint density at radius 2 is 0.833 bits per heavy atom. The first-order valence-corrected chi connectivity index (χ1v) is 20.3. The van der Waals surface area contributed by atoms with Gasteiger partial charge in [0.15, 0.2) is 17.5 Å². The van der Waals surface area contributed by atoms with Crippen LogP contribution in [0.2, 0.25) is 0 Å². The molecule has 0 fully saturated rings. The van der Waals surface area contributed by atoms with Crippen molar-refractivity contribution in [1.82, 2.24) is 19.5 Å². The van der Waals surface area contributed by atoms with Crippen molar-refractivity contribution in [3.05, 3.63) is 204 Å². The van der Waals surface area contributed by atoms with E-state index in [0.29, 0.717) is 17.5 Å². The molecule has 4 nitrogen and oxygen atoms in total. The van der Waals surface area contributed by atoms with Crippen molar-refractivity contribution in [2.24, 2.45) is 0 Å². The number of aryl methyl sites for hydroxylation is 4. The average Bonchev–Trinajstić information content (AvgIpc) is 3.59. The second-order valence-electron chi connectivity index (χ2n) is 15.8. The van der Waals surface area contributed by atoms with E-state index in [-0.39, 0.29) is 5.82 Å². The van der Waals surface area contributed by atoms with Crippen molar-refractivity contribution < 1.29 is 4.39 Å². The highest BCUT2D eigenvalue weighted by Gasteiger charge is 2.20. The Hall–Kier alpha value is -7.50. The highest BCUT2D eigenvalue weighted by atomic mass is 19.1. The van der Waals surface area contributed by atoms with Gasteiger partial charge in [-0.25, -0.2) is 19.3 Å². The molecule has 0 N–H and O–H groups in total. The van der Waals surface area contributed by atoms with Crippen LogP contribution in [0, 0.1) is 33.5 Å². The normalized spacial score (nSPS) is 11.4. The molecule has 0 amide bonds. The van der Waals surface area contributed by atoms with Crippen LogP contribution in [0.3, 0.4) is 0 Å². The van der Waals surface area contributed by atoms with Crippen molar-refractivity contribution in [3.8, 4) is 73.2 Å². The molecule has 0 aliphatic carbocycles. The number of halogens is 1. The van der Waals surface area contributed by atoms with Crippen molar-refractivity contribution in [2.75, 3.05) is 0 Å². The molecule has 0 radical (unpaired) electrons. The molecule has 2 heterocycles. The number of benzene rings is 8. The van der Waals surface area contributed by atoms with Crippen molar-refractivity contribution in [1.29, 1.82) is 0 Å².